The Morgan fingerprint density at radius 2 is 1.89 bits per heavy atom. The molecule has 1 aromatic rings. The maximum absolute atomic E-state index is 13.3. The van der Waals surface area contributed by atoms with Crippen molar-refractivity contribution in [2.24, 2.45) is 34.0 Å². The highest BCUT2D eigenvalue weighted by molar-refractivity contribution is 5.92. The molecule has 36 heavy (non-hydrogen) atoms. The SMILES string of the molecule is C=C1C[C@]23C[C@@H]1CC[C@H]2[C@]1(C)CC[C@@H](OC(=O)c2ccccc2OC)[C@](C)(COC(C)=O)C1C[C@@H]3O. The fourth-order valence-corrected chi connectivity index (χ4v) is 8.93. The van der Waals surface area contributed by atoms with E-state index in [0.717, 1.165) is 32.1 Å². The van der Waals surface area contributed by atoms with Crippen LogP contribution in [-0.2, 0) is 14.3 Å². The van der Waals surface area contributed by atoms with Gasteiger partial charge in [-0.25, -0.2) is 4.79 Å². The Bertz CT molecular complexity index is 1070. The number of para-hydroxylation sites is 1. The summed E-state index contributed by atoms with van der Waals surface area (Å²) in [5.41, 5.74) is 0.922. The van der Waals surface area contributed by atoms with Gasteiger partial charge in [-0.2, -0.15) is 0 Å². The van der Waals surface area contributed by atoms with Crippen LogP contribution in [0.2, 0.25) is 0 Å². The van der Waals surface area contributed by atoms with Crippen molar-refractivity contribution in [3.8, 4) is 5.75 Å². The molecule has 6 nitrogen and oxygen atoms in total. The first-order valence-electron chi connectivity index (χ1n) is 13.4. The predicted octanol–water partition coefficient (Wildman–Crippen LogP) is 5.33. The molecular formula is C30H40O6. The second-order valence-electron chi connectivity index (χ2n) is 12.3. The molecule has 4 aliphatic carbocycles. The zero-order valence-electron chi connectivity index (χ0n) is 22.0. The Morgan fingerprint density at radius 3 is 2.61 bits per heavy atom. The number of carbonyl (C=O) groups excluding carboxylic acids is 2. The van der Waals surface area contributed by atoms with E-state index in [-0.39, 0.29) is 29.3 Å². The lowest BCUT2D eigenvalue weighted by Crippen LogP contribution is -2.65. The average molecular weight is 497 g/mol. The molecule has 4 saturated carbocycles. The number of benzene rings is 1. The zero-order valence-corrected chi connectivity index (χ0v) is 22.0. The van der Waals surface area contributed by atoms with Gasteiger partial charge in [0.1, 0.15) is 24.0 Å². The molecule has 4 fully saturated rings. The number of aliphatic hydroxyl groups is 1. The number of carbonyl (C=O) groups is 2. The van der Waals surface area contributed by atoms with E-state index in [1.807, 2.05) is 6.07 Å². The minimum absolute atomic E-state index is 0.0446. The minimum Gasteiger partial charge on any atom is -0.496 e. The Kier molecular flexibility index (Phi) is 6.26. The number of esters is 2. The van der Waals surface area contributed by atoms with Crippen LogP contribution in [0.1, 0.15) is 76.1 Å². The molecule has 4 aliphatic rings. The molecule has 0 aromatic heterocycles. The van der Waals surface area contributed by atoms with Gasteiger partial charge in [0, 0.05) is 17.8 Å². The molecule has 1 aromatic carbocycles. The van der Waals surface area contributed by atoms with E-state index in [4.69, 9.17) is 14.2 Å². The molecule has 2 bridgehead atoms. The predicted molar refractivity (Wildman–Crippen MR) is 135 cm³/mol. The van der Waals surface area contributed by atoms with Crippen molar-refractivity contribution >= 4 is 11.9 Å². The number of ether oxygens (including phenoxy) is 3. The van der Waals surface area contributed by atoms with E-state index >= 15 is 0 Å². The van der Waals surface area contributed by atoms with Crippen LogP contribution in [0.3, 0.4) is 0 Å². The summed E-state index contributed by atoms with van der Waals surface area (Å²) in [7, 11) is 1.54. The molecule has 0 amide bonds. The van der Waals surface area contributed by atoms with Crippen LogP contribution < -0.4 is 4.74 Å². The Morgan fingerprint density at radius 1 is 1.14 bits per heavy atom. The van der Waals surface area contributed by atoms with Crippen molar-refractivity contribution in [3.05, 3.63) is 42.0 Å². The summed E-state index contributed by atoms with van der Waals surface area (Å²) in [6.45, 7) is 10.4. The standard InChI is InChI=1S/C30H40O6/c1-18-15-30-16-20(18)10-11-23(30)28(3)13-12-26(36-27(33)21-8-6-7-9-22(21)34-5)29(4,17-35-19(2)31)24(28)14-25(30)32/h6-9,20,23-26,32H,1,10-17H2,2-5H3/t20-,23-,24?,25-,26+,28-,29+,30-/m0/s1. The molecule has 8 atom stereocenters. The third-order valence-corrected chi connectivity index (χ3v) is 10.6. The molecular weight excluding hydrogens is 456 g/mol. The van der Waals surface area contributed by atoms with Gasteiger partial charge in [0.2, 0.25) is 0 Å². The second kappa shape index (κ2) is 8.90. The number of aliphatic hydroxyl groups excluding tert-OH is 1. The third-order valence-electron chi connectivity index (χ3n) is 10.6. The smallest absolute Gasteiger partial charge is 0.342 e. The van der Waals surface area contributed by atoms with Crippen molar-refractivity contribution in [2.45, 2.75) is 77.9 Å². The maximum Gasteiger partial charge on any atom is 0.342 e. The van der Waals surface area contributed by atoms with E-state index in [0.29, 0.717) is 36.0 Å². The molecule has 0 aliphatic heterocycles. The number of hydrogen-bond acceptors (Lipinski definition) is 6. The largest absolute Gasteiger partial charge is 0.496 e. The van der Waals surface area contributed by atoms with E-state index in [9.17, 15) is 14.7 Å². The van der Waals surface area contributed by atoms with Crippen LogP contribution >= 0.6 is 0 Å². The molecule has 196 valence electrons. The van der Waals surface area contributed by atoms with Crippen molar-refractivity contribution in [3.63, 3.8) is 0 Å². The van der Waals surface area contributed by atoms with Crippen LogP contribution in [0.5, 0.6) is 5.75 Å². The van der Waals surface area contributed by atoms with Crippen LogP contribution in [0.4, 0.5) is 0 Å². The van der Waals surface area contributed by atoms with Gasteiger partial charge in [0.05, 0.1) is 13.2 Å². The summed E-state index contributed by atoms with van der Waals surface area (Å²) in [6, 6.07) is 7.06. The van der Waals surface area contributed by atoms with Gasteiger partial charge in [-0.1, -0.05) is 38.1 Å². The van der Waals surface area contributed by atoms with Gasteiger partial charge in [0.15, 0.2) is 0 Å². The maximum atomic E-state index is 13.3. The van der Waals surface area contributed by atoms with Crippen molar-refractivity contribution in [1.29, 1.82) is 0 Å². The lowest BCUT2D eigenvalue weighted by molar-refractivity contribution is -0.232. The Labute approximate surface area is 214 Å². The number of hydrogen-bond donors (Lipinski definition) is 1. The van der Waals surface area contributed by atoms with Crippen LogP contribution in [0, 0.1) is 34.0 Å². The first-order chi connectivity index (χ1) is 17.0. The monoisotopic (exact) mass is 496 g/mol. The number of methoxy groups -OCH3 is 1. The lowest BCUT2D eigenvalue weighted by Gasteiger charge is -2.66. The Balaban J connectivity index is 1.49. The van der Waals surface area contributed by atoms with Crippen LogP contribution in [-0.4, -0.2) is 43.0 Å². The summed E-state index contributed by atoms with van der Waals surface area (Å²) >= 11 is 0. The normalized spacial score (nSPS) is 41.1. The highest BCUT2D eigenvalue weighted by atomic mass is 16.6. The fourth-order valence-electron chi connectivity index (χ4n) is 8.93. The molecule has 1 N–H and O–H groups in total. The lowest BCUT2D eigenvalue weighted by atomic mass is 9.40. The Hall–Kier alpha value is -2.34. The molecule has 0 radical (unpaired) electrons. The molecule has 0 saturated heterocycles. The fraction of sp³-hybridized carbons (Fsp3) is 0.667. The van der Waals surface area contributed by atoms with Crippen molar-refractivity contribution in [1.82, 2.24) is 0 Å². The van der Waals surface area contributed by atoms with Gasteiger partial charge in [0.25, 0.3) is 0 Å². The summed E-state index contributed by atoms with van der Waals surface area (Å²) < 4.78 is 17.2. The summed E-state index contributed by atoms with van der Waals surface area (Å²) in [5, 5.41) is 11.7. The quantitative estimate of drug-likeness (QED) is 0.438. The summed E-state index contributed by atoms with van der Waals surface area (Å²) in [5.74, 6) is 0.635. The average Bonchev–Trinajstić information content (AvgIpc) is 3.11. The number of fused-ring (bicyclic) bond motifs is 3. The van der Waals surface area contributed by atoms with E-state index in [2.05, 4.69) is 20.4 Å². The van der Waals surface area contributed by atoms with Gasteiger partial charge in [-0.3, -0.25) is 4.79 Å². The first kappa shape index (κ1) is 25.3. The molecule has 6 heteroatoms. The highest BCUT2D eigenvalue weighted by Crippen LogP contribution is 2.72. The third kappa shape index (κ3) is 3.70. The van der Waals surface area contributed by atoms with E-state index < -0.39 is 23.6 Å². The van der Waals surface area contributed by atoms with Gasteiger partial charge in [-0.15, -0.1) is 0 Å². The first-order valence-corrected chi connectivity index (χ1v) is 13.4. The number of allylic oxidation sites excluding steroid dienone is 1. The van der Waals surface area contributed by atoms with Gasteiger partial charge < -0.3 is 19.3 Å². The van der Waals surface area contributed by atoms with Crippen molar-refractivity contribution in [2.75, 3.05) is 13.7 Å². The van der Waals surface area contributed by atoms with Crippen LogP contribution in [0.25, 0.3) is 0 Å². The highest BCUT2D eigenvalue weighted by Gasteiger charge is 2.68. The van der Waals surface area contributed by atoms with E-state index in [1.165, 1.54) is 19.6 Å². The van der Waals surface area contributed by atoms with E-state index in [1.54, 1.807) is 18.2 Å². The number of rotatable bonds is 5. The van der Waals surface area contributed by atoms with Gasteiger partial charge >= 0.3 is 11.9 Å². The minimum atomic E-state index is -0.620. The van der Waals surface area contributed by atoms with Crippen LogP contribution in [0.15, 0.2) is 36.4 Å². The molecule has 1 unspecified atom stereocenters. The topological polar surface area (TPSA) is 82.1 Å². The summed E-state index contributed by atoms with van der Waals surface area (Å²) in [4.78, 5) is 25.2. The second-order valence-corrected chi connectivity index (χ2v) is 12.3. The molecule has 1 spiro atoms. The van der Waals surface area contributed by atoms with Crippen molar-refractivity contribution < 1.29 is 28.9 Å². The summed E-state index contributed by atoms with van der Waals surface area (Å²) in [6.07, 6.45) is 5.51. The molecule has 0 heterocycles. The zero-order chi connectivity index (χ0) is 25.9. The van der Waals surface area contributed by atoms with Gasteiger partial charge in [-0.05, 0) is 80.2 Å². The molecule has 5 rings (SSSR count).